The van der Waals surface area contributed by atoms with Crippen molar-refractivity contribution in [2.45, 2.75) is 6.04 Å². The first-order valence-corrected chi connectivity index (χ1v) is 9.76. The third-order valence-corrected chi connectivity index (χ3v) is 6.02. The molecule has 0 saturated carbocycles. The molecule has 2 aromatic carbocycles. The van der Waals surface area contributed by atoms with Gasteiger partial charge in [-0.25, -0.2) is 0 Å². The van der Waals surface area contributed by atoms with E-state index in [4.69, 9.17) is 0 Å². The van der Waals surface area contributed by atoms with Gasteiger partial charge >= 0.3 is 0 Å². The highest BCUT2D eigenvalue weighted by Gasteiger charge is 2.21. The molecule has 0 fully saturated rings. The molecule has 1 N–H and O–H groups in total. The minimum absolute atomic E-state index is 0.0538. The van der Waals surface area contributed by atoms with Crippen LogP contribution >= 0.6 is 11.3 Å². The smallest absolute Gasteiger partial charge is 0.269 e. The highest BCUT2D eigenvalue weighted by Crippen LogP contribution is 2.29. The molecule has 5 heteroatoms. The standard InChI is InChI=1S/C22H17BN2OS/c23-19-13-16-10-11-25(22(26)21(16)27-19)20(14-6-2-1-3-7-14)18-12-15-8-4-5-9-17(15)24-18/h1-13,20,24H,23H2. The Kier molecular flexibility index (Phi) is 3.76. The Morgan fingerprint density at radius 3 is 2.52 bits per heavy atom. The number of nitrogens with one attached hydrogen (secondary N) is 1. The summed E-state index contributed by atoms with van der Waals surface area (Å²) in [5.74, 6) is 0. The van der Waals surface area contributed by atoms with Crippen molar-refractivity contribution in [3.63, 3.8) is 0 Å². The van der Waals surface area contributed by atoms with Crippen molar-refractivity contribution in [1.82, 2.24) is 9.55 Å². The molecule has 0 aliphatic carbocycles. The van der Waals surface area contributed by atoms with E-state index in [1.807, 2.05) is 55.0 Å². The zero-order chi connectivity index (χ0) is 18.4. The molecule has 1 unspecified atom stereocenters. The molecule has 5 aromatic rings. The van der Waals surface area contributed by atoms with Crippen molar-refractivity contribution < 1.29 is 0 Å². The van der Waals surface area contributed by atoms with Crippen LogP contribution in [0.4, 0.5) is 0 Å². The number of pyridine rings is 1. The lowest BCUT2D eigenvalue weighted by molar-refractivity contribution is 0.644. The van der Waals surface area contributed by atoms with Crippen LogP contribution in [0.5, 0.6) is 0 Å². The summed E-state index contributed by atoms with van der Waals surface area (Å²) in [6.45, 7) is 0. The van der Waals surface area contributed by atoms with Crippen LogP contribution in [0.15, 0.2) is 83.8 Å². The summed E-state index contributed by atoms with van der Waals surface area (Å²) in [7, 11) is 2.04. The number of rotatable bonds is 3. The van der Waals surface area contributed by atoms with E-state index >= 15 is 0 Å². The average Bonchev–Trinajstić information content (AvgIpc) is 3.28. The summed E-state index contributed by atoms with van der Waals surface area (Å²) >= 11 is 1.56. The van der Waals surface area contributed by atoms with E-state index in [-0.39, 0.29) is 11.6 Å². The summed E-state index contributed by atoms with van der Waals surface area (Å²) < 4.78 is 3.81. The van der Waals surface area contributed by atoms with Crippen molar-refractivity contribution in [2.75, 3.05) is 0 Å². The first-order valence-electron chi connectivity index (χ1n) is 8.94. The second-order valence-electron chi connectivity index (χ2n) is 6.79. The van der Waals surface area contributed by atoms with Gasteiger partial charge in [-0.2, -0.15) is 0 Å². The number of benzene rings is 2. The average molecular weight is 368 g/mol. The van der Waals surface area contributed by atoms with E-state index in [1.54, 1.807) is 11.3 Å². The van der Waals surface area contributed by atoms with Crippen molar-refractivity contribution in [1.29, 1.82) is 0 Å². The maximum Gasteiger partial charge on any atom is 0.269 e. The first-order chi connectivity index (χ1) is 13.2. The van der Waals surface area contributed by atoms with Crippen LogP contribution in [0, 0.1) is 0 Å². The quantitative estimate of drug-likeness (QED) is 0.487. The molecule has 27 heavy (non-hydrogen) atoms. The second-order valence-corrected chi connectivity index (χ2v) is 8.05. The lowest BCUT2D eigenvalue weighted by Crippen LogP contribution is -2.25. The van der Waals surface area contributed by atoms with E-state index in [2.05, 4.69) is 41.4 Å². The molecule has 0 saturated heterocycles. The number of para-hydroxylation sites is 1. The zero-order valence-electron chi connectivity index (χ0n) is 14.8. The molecule has 3 aromatic heterocycles. The minimum atomic E-state index is -0.196. The highest BCUT2D eigenvalue weighted by atomic mass is 32.1. The Labute approximate surface area is 161 Å². The van der Waals surface area contributed by atoms with E-state index in [0.29, 0.717) is 0 Å². The van der Waals surface area contributed by atoms with Crippen LogP contribution in [0.1, 0.15) is 17.3 Å². The van der Waals surface area contributed by atoms with Gasteiger partial charge in [0.05, 0.1) is 4.70 Å². The number of nitrogens with zero attached hydrogens (tertiary/aromatic N) is 1. The molecule has 130 valence electrons. The summed E-state index contributed by atoms with van der Waals surface area (Å²) in [6.07, 6.45) is 1.92. The Bertz CT molecular complexity index is 1280. The summed E-state index contributed by atoms with van der Waals surface area (Å²) in [6, 6.07) is 24.5. The third-order valence-electron chi connectivity index (χ3n) is 4.97. The molecule has 1 atom stereocenters. The van der Waals surface area contributed by atoms with Crippen LogP contribution in [-0.2, 0) is 0 Å². The third kappa shape index (κ3) is 2.71. The molecule has 0 aliphatic heterocycles. The van der Waals surface area contributed by atoms with Gasteiger partial charge < -0.3 is 9.55 Å². The van der Waals surface area contributed by atoms with Crippen LogP contribution < -0.4 is 10.3 Å². The number of fused-ring (bicyclic) bond motifs is 2. The number of thiophene rings is 1. The van der Waals surface area contributed by atoms with Gasteiger partial charge in [0, 0.05) is 17.4 Å². The Morgan fingerprint density at radius 1 is 0.926 bits per heavy atom. The van der Waals surface area contributed by atoms with Gasteiger partial charge in [0.25, 0.3) is 5.56 Å². The second kappa shape index (κ2) is 6.29. The maximum atomic E-state index is 13.3. The van der Waals surface area contributed by atoms with Gasteiger partial charge in [0.1, 0.15) is 6.04 Å². The van der Waals surface area contributed by atoms with Crippen LogP contribution in [-0.4, -0.2) is 17.4 Å². The monoisotopic (exact) mass is 368 g/mol. The summed E-state index contributed by atoms with van der Waals surface area (Å²) in [4.78, 5) is 16.8. The fourth-order valence-electron chi connectivity index (χ4n) is 3.74. The zero-order valence-corrected chi connectivity index (χ0v) is 15.7. The van der Waals surface area contributed by atoms with E-state index < -0.39 is 0 Å². The first kappa shape index (κ1) is 16.2. The number of H-pyrrole nitrogens is 1. The summed E-state index contributed by atoms with van der Waals surface area (Å²) in [5, 5.41) is 2.16. The van der Waals surface area contributed by atoms with Crippen LogP contribution in [0.2, 0.25) is 0 Å². The van der Waals surface area contributed by atoms with Crippen molar-refractivity contribution in [3.8, 4) is 0 Å². The normalized spacial score (nSPS) is 12.6. The number of aromatic nitrogens is 2. The van der Waals surface area contributed by atoms with Crippen LogP contribution in [0.25, 0.3) is 21.0 Å². The number of aromatic amines is 1. The highest BCUT2D eigenvalue weighted by molar-refractivity contribution is 7.26. The predicted octanol–water partition coefficient (Wildman–Crippen LogP) is 3.44. The van der Waals surface area contributed by atoms with Crippen LogP contribution in [0.3, 0.4) is 0 Å². The minimum Gasteiger partial charge on any atom is -0.356 e. The molecular formula is C22H17BN2OS. The van der Waals surface area contributed by atoms with Gasteiger partial charge in [0.15, 0.2) is 7.85 Å². The predicted molar refractivity (Wildman–Crippen MR) is 116 cm³/mol. The molecule has 0 radical (unpaired) electrons. The molecule has 5 rings (SSSR count). The van der Waals surface area contributed by atoms with Gasteiger partial charge in [-0.1, -0.05) is 54.6 Å². The molecular weight excluding hydrogens is 351 g/mol. The van der Waals surface area contributed by atoms with Gasteiger partial charge in [0.2, 0.25) is 0 Å². The van der Waals surface area contributed by atoms with Crippen molar-refractivity contribution in [2.24, 2.45) is 0 Å². The Hall–Kier alpha value is -3.05. The summed E-state index contributed by atoms with van der Waals surface area (Å²) in [5.41, 5.74) is 3.23. The van der Waals surface area contributed by atoms with E-state index in [9.17, 15) is 4.79 Å². The molecule has 3 nitrogen and oxygen atoms in total. The van der Waals surface area contributed by atoms with Gasteiger partial charge in [-0.15, -0.1) is 11.3 Å². The van der Waals surface area contributed by atoms with Crippen molar-refractivity contribution >= 4 is 44.9 Å². The molecule has 0 aliphatic rings. The number of hydrogen-bond acceptors (Lipinski definition) is 2. The van der Waals surface area contributed by atoms with E-state index in [1.165, 1.54) is 0 Å². The Balaban J connectivity index is 1.78. The largest absolute Gasteiger partial charge is 0.356 e. The lowest BCUT2D eigenvalue weighted by Gasteiger charge is -2.19. The lowest BCUT2D eigenvalue weighted by atomic mass is 10.0. The van der Waals surface area contributed by atoms with E-state index in [0.717, 1.165) is 37.0 Å². The maximum absolute atomic E-state index is 13.3. The fraction of sp³-hybridized carbons (Fsp3) is 0.0455. The number of hydrogen-bond donors (Lipinski definition) is 1. The van der Waals surface area contributed by atoms with Gasteiger partial charge in [-0.3, -0.25) is 4.79 Å². The Morgan fingerprint density at radius 2 is 1.70 bits per heavy atom. The molecule has 3 heterocycles. The molecule has 0 spiro atoms. The fourth-order valence-corrected chi connectivity index (χ4v) is 4.69. The SMILES string of the molecule is Bc1cc2ccn(C(c3ccccc3)c3cc4ccccc4[nH]3)c(=O)c2s1. The van der Waals surface area contributed by atoms with Crippen molar-refractivity contribution in [3.05, 3.63) is 101 Å². The topological polar surface area (TPSA) is 37.8 Å². The molecule has 0 amide bonds. The van der Waals surface area contributed by atoms with Gasteiger partial charge in [-0.05, 0) is 39.3 Å². The molecule has 0 bridgehead atoms.